The summed E-state index contributed by atoms with van der Waals surface area (Å²) in [6.45, 7) is 6.30. The highest BCUT2D eigenvalue weighted by Crippen LogP contribution is 2.15. The first kappa shape index (κ1) is 16.0. The minimum atomic E-state index is 0.283. The Hall–Kier alpha value is -2.35. The molecule has 2 heteroatoms. The fourth-order valence-electron chi connectivity index (χ4n) is 2.35. The number of benzene rings is 2. The number of aliphatic imine (C=N–C) groups is 1. The molecule has 1 N–H and O–H groups in total. The lowest BCUT2D eigenvalue weighted by Gasteiger charge is -2.11. The van der Waals surface area contributed by atoms with Gasteiger partial charge in [-0.2, -0.15) is 0 Å². The summed E-state index contributed by atoms with van der Waals surface area (Å²) < 4.78 is 0. The molecule has 114 valence electrons. The van der Waals surface area contributed by atoms with Gasteiger partial charge in [0.05, 0.1) is 0 Å². The zero-order chi connectivity index (χ0) is 15.9. The highest BCUT2D eigenvalue weighted by molar-refractivity contribution is 5.85. The predicted octanol–water partition coefficient (Wildman–Crippen LogP) is 5.09. The van der Waals surface area contributed by atoms with Gasteiger partial charge in [0.2, 0.25) is 0 Å². The molecule has 0 saturated heterocycles. The number of rotatable bonds is 5. The average molecular weight is 293 g/mol. The van der Waals surface area contributed by atoms with E-state index in [1.807, 2.05) is 31.2 Å². The largest absolute Gasteiger partial charge is 0.508 e. The van der Waals surface area contributed by atoms with Crippen LogP contribution in [-0.2, 0) is 6.42 Å². The Balaban J connectivity index is 2.05. The molecule has 2 nitrogen and oxygen atoms in total. The fourth-order valence-corrected chi connectivity index (χ4v) is 2.35. The predicted molar refractivity (Wildman–Crippen MR) is 94.2 cm³/mol. The lowest BCUT2D eigenvalue weighted by Crippen LogP contribution is -2.10. The number of hydrogen-bond donors (Lipinski definition) is 1. The molecule has 0 saturated carbocycles. The Labute approximate surface area is 132 Å². The Bertz CT molecular complexity index is 654. The first-order valence-corrected chi connectivity index (χ1v) is 7.61. The molecule has 0 aliphatic rings. The number of aromatic hydroxyl groups is 1. The molecule has 0 aromatic heterocycles. The molecule has 0 bridgehead atoms. The molecule has 2 aromatic rings. The molecule has 1 atom stereocenters. The second kappa shape index (κ2) is 7.60. The van der Waals surface area contributed by atoms with Gasteiger partial charge in [0.15, 0.2) is 0 Å². The highest BCUT2D eigenvalue weighted by atomic mass is 16.3. The van der Waals surface area contributed by atoms with Gasteiger partial charge in [-0.05, 0) is 55.5 Å². The van der Waals surface area contributed by atoms with Crippen LogP contribution in [0, 0.1) is 5.92 Å². The Morgan fingerprint density at radius 1 is 1.05 bits per heavy atom. The van der Waals surface area contributed by atoms with Crippen LogP contribution in [0.5, 0.6) is 5.75 Å². The number of nitrogens with zero attached hydrogens (tertiary/aromatic N) is 1. The van der Waals surface area contributed by atoms with Gasteiger partial charge in [-0.25, -0.2) is 0 Å². The van der Waals surface area contributed by atoms with E-state index in [2.05, 4.69) is 38.1 Å². The summed E-state index contributed by atoms with van der Waals surface area (Å²) in [6.07, 6.45) is 3.03. The molecule has 0 radical (unpaired) electrons. The smallest absolute Gasteiger partial charge is 0.115 e. The lowest BCUT2D eigenvalue weighted by atomic mass is 9.97. The van der Waals surface area contributed by atoms with Crippen LogP contribution < -0.4 is 0 Å². The van der Waals surface area contributed by atoms with E-state index < -0.39 is 0 Å². The lowest BCUT2D eigenvalue weighted by molar-refractivity contribution is 0.475. The maximum absolute atomic E-state index is 9.30. The van der Waals surface area contributed by atoms with Gasteiger partial charge >= 0.3 is 0 Å². The van der Waals surface area contributed by atoms with Crippen molar-refractivity contribution in [2.45, 2.75) is 27.2 Å². The third-order valence-electron chi connectivity index (χ3n) is 3.72. The van der Waals surface area contributed by atoms with Crippen molar-refractivity contribution in [3.05, 3.63) is 71.4 Å². The summed E-state index contributed by atoms with van der Waals surface area (Å²) in [5.74, 6) is 0.691. The van der Waals surface area contributed by atoms with Gasteiger partial charge in [-0.1, -0.05) is 49.4 Å². The molecule has 22 heavy (non-hydrogen) atoms. The van der Waals surface area contributed by atoms with Crippen molar-refractivity contribution in [2.75, 3.05) is 0 Å². The third-order valence-corrected chi connectivity index (χ3v) is 3.72. The minimum absolute atomic E-state index is 0.283. The molecule has 0 fully saturated rings. The quantitative estimate of drug-likeness (QED) is 0.765. The molecule has 1 unspecified atom stereocenters. The van der Waals surface area contributed by atoms with Gasteiger partial charge in [-0.3, -0.25) is 4.99 Å². The molecule has 0 amide bonds. The Morgan fingerprint density at radius 2 is 1.68 bits per heavy atom. The van der Waals surface area contributed by atoms with Gasteiger partial charge in [0.1, 0.15) is 5.75 Å². The minimum Gasteiger partial charge on any atom is -0.508 e. The normalized spacial score (nSPS) is 14.0. The average Bonchev–Trinajstić information content (AvgIpc) is 2.50. The van der Waals surface area contributed by atoms with E-state index in [1.54, 1.807) is 12.1 Å². The first-order chi connectivity index (χ1) is 10.5. The van der Waals surface area contributed by atoms with Crippen molar-refractivity contribution in [3.8, 4) is 5.75 Å². The van der Waals surface area contributed by atoms with E-state index in [-0.39, 0.29) is 5.75 Å². The van der Waals surface area contributed by atoms with E-state index in [9.17, 15) is 5.11 Å². The third kappa shape index (κ3) is 4.88. The Morgan fingerprint density at radius 3 is 2.32 bits per heavy atom. The standard InChI is InChI=1S/C20H23NO/c1-15(13-18-7-5-4-6-8-18)17(3)21-16(2)14-19-9-11-20(22)12-10-19/h4-12,14-15,22H,13H2,1-3H3/b16-14-,21-17?. The molecule has 0 aliphatic heterocycles. The summed E-state index contributed by atoms with van der Waals surface area (Å²) in [5, 5.41) is 9.30. The monoisotopic (exact) mass is 293 g/mol. The van der Waals surface area contributed by atoms with Crippen molar-refractivity contribution in [1.82, 2.24) is 0 Å². The van der Waals surface area contributed by atoms with Crippen LogP contribution in [0.1, 0.15) is 31.9 Å². The van der Waals surface area contributed by atoms with Crippen LogP contribution in [0.15, 0.2) is 65.3 Å². The number of phenolic OH excluding ortho intramolecular Hbond substituents is 1. The summed E-state index contributed by atoms with van der Waals surface area (Å²) in [5.41, 5.74) is 4.49. The van der Waals surface area contributed by atoms with Gasteiger partial charge in [0.25, 0.3) is 0 Å². The van der Waals surface area contributed by atoms with Crippen LogP contribution in [0.4, 0.5) is 0 Å². The van der Waals surface area contributed by atoms with E-state index in [1.165, 1.54) is 5.56 Å². The fraction of sp³-hybridized carbons (Fsp3) is 0.250. The van der Waals surface area contributed by atoms with Crippen LogP contribution in [0.3, 0.4) is 0 Å². The maximum atomic E-state index is 9.30. The summed E-state index contributed by atoms with van der Waals surface area (Å²) >= 11 is 0. The molecular weight excluding hydrogens is 270 g/mol. The first-order valence-electron chi connectivity index (χ1n) is 7.61. The van der Waals surface area contributed by atoms with Crippen molar-refractivity contribution >= 4 is 11.8 Å². The van der Waals surface area contributed by atoms with Crippen LogP contribution >= 0.6 is 0 Å². The van der Waals surface area contributed by atoms with Gasteiger partial charge in [-0.15, -0.1) is 0 Å². The van der Waals surface area contributed by atoms with Crippen LogP contribution in [0.2, 0.25) is 0 Å². The molecule has 0 spiro atoms. The summed E-state index contributed by atoms with van der Waals surface area (Å²) in [7, 11) is 0. The number of allylic oxidation sites excluding steroid dienone is 1. The second-order valence-electron chi connectivity index (χ2n) is 5.72. The molecule has 0 aliphatic carbocycles. The van der Waals surface area contributed by atoms with Crippen LogP contribution in [-0.4, -0.2) is 10.8 Å². The highest BCUT2D eigenvalue weighted by Gasteiger charge is 2.07. The zero-order valence-electron chi connectivity index (χ0n) is 13.5. The Kier molecular flexibility index (Phi) is 5.54. The van der Waals surface area contributed by atoms with Crippen molar-refractivity contribution in [3.63, 3.8) is 0 Å². The topological polar surface area (TPSA) is 32.6 Å². The summed E-state index contributed by atoms with van der Waals surface area (Å²) in [4.78, 5) is 4.71. The van der Waals surface area contributed by atoms with Gasteiger partial charge < -0.3 is 5.11 Å². The molecule has 2 rings (SSSR count). The van der Waals surface area contributed by atoms with Gasteiger partial charge in [0, 0.05) is 11.4 Å². The van der Waals surface area contributed by atoms with E-state index >= 15 is 0 Å². The molecule has 2 aromatic carbocycles. The van der Waals surface area contributed by atoms with Crippen molar-refractivity contribution < 1.29 is 5.11 Å². The van der Waals surface area contributed by atoms with Crippen molar-refractivity contribution in [2.24, 2.45) is 10.9 Å². The van der Waals surface area contributed by atoms with E-state index in [4.69, 9.17) is 4.99 Å². The number of phenols is 1. The molecule has 0 heterocycles. The van der Waals surface area contributed by atoms with E-state index in [0.29, 0.717) is 5.92 Å². The second-order valence-corrected chi connectivity index (χ2v) is 5.72. The van der Waals surface area contributed by atoms with Crippen LogP contribution in [0.25, 0.3) is 6.08 Å². The summed E-state index contributed by atoms with van der Waals surface area (Å²) in [6, 6.07) is 17.6. The molecular formula is C20H23NO. The van der Waals surface area contributed by atoms with E-state index in [0.717, 1.165) is 23.4 Å². The number of hydrogen-bond acceptors (Lipinski definition) is 2. The van der Waals surface area contributed by atoms with Crippen molar-refractivity contribution in [1.29, 1.82) is 0 Å². The SMILES string of the molecule is CC(=N/C(C)=C\c1ccc(O)cc1)C(C)Cc1ccccc1. The zero-order valence-corrected chi connectivity index (χ0v) is 13.5. The maximum Gasteiger partial charge on any atom is 0.115 e.